The summed E-state index contributed by atoms with van der Waals surface area (Å²) in [5.74, 6) is -0.715. The molecule has 0 aromatic carbocycles. The topological polar surface area (TPSA) is 96.7 Å². The average Bonchev–Trinajstić information content (AvgIpc) is 2.66. The molecule has 1 amide bonds. The van der Waals surface area contributed by atoms with Crippen LogP contribution in [0.15, 0.2) is 24.5 Å². The molecule has 6 nitrogen and oxygen atoms in total. The minimum Gasteiger partial charge on any atom is -0.394 e. The molecule has 2 rings (SSSR count). The van der Waals surface area contributed by atoms with Gasteiger partial charge in [-0.3, -0.25) is 4.79 Å². The van der Waals surface area contributed by atoms with Crippen LogP contribution >= 0.6 is 0 Å². The van der Waals surface area contributed by atoms with Gasteiger partial charge < -0.3 is 20.7 Å². The number of aliphatic hydroxyl groups excluding tert-OH is 2. The van der Waals surface area contributed by atoms with Gasteiger partial charge in [0.2, 0.25) is 0 Å². The van der Waals surface area contributed by atoms with Crippen LogP contribution < -0.4 is 10.3 Å². The first-order valence-electron chi connectivity index (χ1n) is 5.79. The van der Waals surface area contributed by atoms with Crippen molar-refractivity contribution in [1.29, 1.82) is 0 Å². The number of aliphatic hydroxyl groups is 2. The predicted molar refractivity (Wildman–Crippen MR) is 61.3 cm³/mol. The number of rotatable bonds is 3. The van der Waals surface area contributed by atoms with E-state index in [2.05, 4.69) is 0 Å². The molecule has 0 saturated carbocycles. The van der Waals surface area contributed by atoms with Crippen molar-refractivity contribution in [2.24, 2.45) is 11.7 Å². The monoisotopic (exact) mass is 253 g/mol. The van der Waals surface area contributed by atoms with Crippen LogP contribution in [0.2, 0.25) is 0 Å². The molecule has 4 N–H and O–H groups in total. The summed E-state index contributed by atoms with van der Waals surface area (Å²) in [5.41, 5.74) is 5.54. The van der Waals surface area contributed by atoms with E-state index in [0.29, 0.717) is 5.56 Å². The molecule has 0 aliphatic carbocycles. The summed E-state index contributed by atoms with van der Waals surface area (Å²) in [7, 11) is 0. The highest BCUT2D eigenvalue weighted by molar-refractivity contribution is 5.92. The molecule has 1 aliphatic rings. The van der Waals surface area contributed by atoms with Crippen LogP contribution in [0.4, 0.5) is 0 Å². The molecular formula is C12H17N2O4+. The first-order chi connectivity index (χ1) is 8.54. The van der Waals surface area contributed by atoms with Crippen LogP contribution in [-0.2, 0) is 4.74 Å². The number of pyridine rings is 1. The van der Waals surface area contributed by atoms with Crippen LogP contribution in [0, 0.1) is 5.92 Å². The number of nitrogens with zero attached hydrogens (tertiary/aromatic N) is 1. The van der Waals surface area contributed by atoms with E-state index in [1.165, 1.54) is 6.20 Å². The third-order valence-corrected chi connectivity index (χ3v) is 3.31. The van der Waals surface area contributed by atoms with Crippen molar-refractivity contribution >= 4 is 5.91 Å². The fourth-order valence-electron chi connectivity index (χ4n) is 2.12. The van der Waals surface area contributed by atoms with E-state index in [1.54, 1.807) is 22.9 Å². The van der Waals surface area contributed by atoms with Crippen molar-refractivity contribution in [3.05, 3.63) is 30.1 Å². The number of aromatic nitrogens is 1. The number of amides is 1. The SMILES string of the molecule is CC1C(CO)OC([n+]2cccc(C(N)=O)c2)C1O. The molecule has 4 atom stereocenters. The highest BCUT2D eigenvalue weighted by Crippen LogP contribution is 2.29. The van der Waals surface area contributed by atoms with Gasteiger partial charge >= 0.3 is 0 Å². The molecule has 6 heteroatoms. The molecule has 1 fully saturated rings. The molecule has 1 saturated heterocycles. The molecular weight excluding hydrogens is 236 g/mol. The summed E-state index contributed by atoms with van der Waals surface area (Å²) in [5, 5.41) is 19.2. The first kappa shape index (κ1) is 12.9. The lowest BCUT2D eigenvalue weighted by Crippen LogP contribution is -2.45. The quantitative estimate of drug-likeness (QED) is 0.599. The Morgan fingerprint density at radius 1 is 1.61 bits per heavy atom. The maximum Gasteiger partial charge on any atom is 0.289 e. The van der Waals surface area contributed by atoms with Crippen molar-refractivity contribution in [3.8, 4) is 0 Å². The van der Waals surface area contributed by atoms with E-state index in [1.807, 2.05) is 6.92 Å². The van der Waals surface area contributed by atoms with Gasteiger partial charge in [-0.25, -0.2) is 0 Å². The number of carbonyl (C=O) groups is 1. The Kier molecular flexibility index (Phi) is 3.60. The van der Waals surface area contributed by atoms with E-state index >= 15 is 0 Å². The Morgan fingerprint density at radius 2 is 2.33 bits per heavy atom. The highest BCUT2D eigenvalue weighted by Gasteiger charge is 2.46. The fourth-order valence-corrected chi connectivity index (χ4v) is 2.12. The minimum atomic E-state index is -0.740. The van der Waals surface area contributed by atoms with Crippen LogP contribution in [0.1, 0.15) is 23.5 Å². The third-order valence-electron chi connectivity index (χ3n) is 3.31. The van der Waals surface area contributed by atoms with Crippen LogP contribution in [0.3, 0.4) is 0 Å². The molecule has 4 unspecified atom stereocenters. The third kappa shape index (κ3) is 2.22. The molecule has 0 radical (unpaired) electrons. The smallest absolute Gasteiger partial charge is 0.289 e. The van der Waals surface area contributed by atoms with Crippen molar-refractivity contribution in [2.45, 2.75) is 25.4 Å². The molecule has 0 bridgehead atoms. The van der Waals surface area contributed by atoms with Gasteiger partial charge in [-0.1, -0.05) is 6.92 Å². The number of hydrogen-bond donors (Lipinski definition) is 3. The second-order valence-electron chi connectivity index (χ2n) is 4.50. The van der Waals surface area contributed by atoms with Gasteiger partial charge in [0.05, 0.1) is 12.7 Å². The molecule has 2 heterocycles. The Morgan fingerprint density at radius 3 is 2.89 bits per heavy atom. The molecule has 18 heavy (non-hydrogen) atoms. The first-order valence-corrected chi connectivity index (χ1v) is 5.79. The van der Waals surface area contributed by atoms with Crippen LogP contribution in [0.25, 0.3) is 0 Å². The lowest BCUT2D eigenvalue weighted by molar-refractivity contribution is -0.765. The standard InChI is InChI=1S/C12H16N2O4/c1-7-9(6-15)18-12(10(7)16)14-4-2-3-8(5-14)11(13)17/h2-5,7,9-10,12,15-16H,6H2,1H3,(H-,13,17)/p+1. The largest absolute Gasteiger partial charge is 0.394 e. The van der Waals surface area contributed by atoms with Crippen molar-refractivity contribution < 1.29 is 24.3 Å². The van der Waals surface area contributed by atoms with Gasteiger partial charge in [0.15, 0.2) is 12.4 Å². The number of carbonyl (C=O) groups excluding carboxylic acids is 1. The Labute approximate surface area is 105 Å². The van der Waals surface area contributed by atoms with Crippen LogP contribution in [0.5, 0.6) is 0 Å². The van der Waals surface area contributed by atoms with E-state index in [0.717, 1.165) is 0 Å². The van der Waals surface area contributed by atoms with Gasteiger partial charge in [-0.2, -0.15) is 4.57 Å². The van der Waals surface area contributed by atoms with Crippen LogP contribution in [-0.4, -0.2) is 34.9 Å². The van der Waals surface area contributed by atoms with Gasteiger partial charge in [0.25, 0.3) is 12.1 Å². The molecule has 1 aromatic heterocycles. The number of hydrogen-bond acceptors (Lipinski definition) is 4. The Hall–Kier alpha value is -1.50. The molecule has 98 valence electrons. The molecule has 1 aliphatic heterocycles. The van der Waals surface area contributed by atoms with Gasteiger partial charge in [-0.15, -0.1) is 0 Å². The summed E-state index contributed by atoms with van der Waals surface area (Å²) in [6.45, 7) is 1.66. The maximum absolute atomic E-state index is 11.1. The normalized spacial score (nSPS) is 31.5. The lowest BCUT2D eigenvalue weighted by atomic mass is 10.0. The Balaban J connectivity index is 2.27. The zero-order valence-corrected chi connectivity index (χ0v) is 10.1. The van der Waals surface area contributed by atoms with Gasteiger partial charge in [0, 0.05) is 12.0 Å². The molecule has 0 spiro atoms. The summed E-state index contributed by atoms with van der Waals surface area (Å²) in [4.78, 5) is 11.1. The number of nitrogens with two attached hydrogens (primary N) is 1. The van der Waals surface area contributed by atoms with E-state index in [-0.39, 0.29) is 12.5 Å². The highest BCUT2D eigenvalue weighted by atomic mass is 16.5. The summed E-state index contributed by atoms with van der Waals surface area (Å²) >= 11 is 0. The maximum atomic E-state index is 11.1. The zero-order chi connectivity index (χ0) is 13.3. The Bertz CT molecular complexity index is 451. The summed E-state index contributed by atoms with van der Waals surface area (Å²) in [6, 6.07) is 3.25. The van der Waals surface area contributed by atoms with Crippen molar-refractivity contribution in [3.63, 3.8) is 0 Å². The van der Waals surface area contributed by atoms with Gasteiger partial charge in [-0.05, 0) is 6.07 Å². The van der Waals surface area contributed by atoms with E-state index in [4.69, 9.17) is 15.6 Å². The minimum absolute atomic E-state index is 0.148. The summed E-state index contributed by atoms with van der Waals surface area (Å²) < 4.78 is 7.16. The number of ether oxygens (including phenoxy) is 1. The zero-order valence-electron chi connectivity index (χ0n) is 10.1. The molecule has 1 aromatic rings. The van der Waals surface area contributed by atoms with Gasteiger partial charge in [0.1, 0.15) is 11.7 Å². The van der Waals surface area contributed by atoms with E-state index < -0.39 is 24.3 Å². The van der Waals surface area contributed by atoms with Crippen molar-refractivity contribution in [1.82, 2.24) is 0 Å². The second kappa shape index (κ2) is 5.01. The van der Waals surface area contributed by atoms with Crippen molar-refractivity contribution in [2.75, 3.05) is 6.61 Å². The second-order valence-corrected chi connectivity index (χ2v) is 4.50. The number of primary amides is 1. The average molecular weight is 253 g/mol. The fraction of sp³-hybridized carbons (Fsp3) is 0.500. The lowest BCUT2D eigenvalue weighted by Gasteiger charge is -2.10. The predicted octanol–water partition coefficient (Wildman–Crippen LogP) is -1.04. The summed E-state index contributed by atoms with van der Waals surface area (Å²) in [6.07, 6.45) is 1.46. The van der Waals surface area contributed by atoms with E-state index in [9.17, 15) is 9.90 Å².